The molecule has 2 aliphatic heterocycles. The second-order valence-electron chi connectivity index (χ2n) is 8.26. The molecule has 2 bridgehead atoms. The Morgan fingerprint density at radius 3 is 2.50 bits per heavy atom. The van der Waals surface area contributed by atoms with Gasteiger partial charge in [0.2, 0.25) is 0 Å². The summed E-state index contributed by atoms with van der Waals surface area (Å²) in [7, 11) is 0. The molecule has 2 N–H and O–H groups in total. The molecule has 0 spiro atoms. The van der Waals surface area contributed by atoms with Gasteiger partial charge in [-0.3, -0.25) is 14.6 Å². The van der Waals surface area contributed by atoms with Gasteiger partial charge in [0.25, 0.3) is 11.5 Å². The van der Waals surface area contributed by atoms with Crippen LogP contribution in [0.15, 0.2) is 71.7 Å². The number of aromatic nitrogens is 2. The molecule has 8 heteroatoms. The highest BCUT2D eigenvalue weighted by Gasteiger charge is 2.37. The number of amides is 3. The number of fused-ring (bicyclic) bond motifs is 4. The highest BCUT2D eigenvalue weighted by atomic mass is 16.2. The van der Waals surface area contributed by atoms with Crippen molar-refractivity contribution < 1.29 is 9.59 Å². The van der Waals surface area contributed by atoms with Crippen LogP contribution in [-0.2, 0) is 6.54 Å². The smallest absolute Gasteiger partial charge is 0.323 e. The van der Waals surface area contributed by atoms with Crippen LogP contribution in [0, 0.1) is 5.92 Å². The van der Waals surface area contributed by atoms with Crippen molar-refractivity contribution in [3.63, 3.8) is 0 Å². The number of carbonyl (C=O) groups excluding carboxylic acids is 2. The lowest BCUT2D eigenvalue weighted by Crippen LogP contribution is -2.49. The van der Waals surface area contributed by atoms with Crippen LogP contribution in [0.3, 0.4) is 0 Å². The third kappa shape index (κ3) is 3.87. The van der Waals surface area contributed by atoms with Gasteiger partial charge in [-0.25, -0.2) is 4.79 Å². The van der Waals surface area contributed by atoms with Gasteiger partial charge in [0.15, 0.2) is 0 Å². The number of carbonyl (C=O) groups is 2. The standard InChI is InChI=1S/C24H23N5O3/c30-22(19-8-4-5-11-25-19)28-13-16-12-17(15-28)21-10-9-20(23(31)29(21)14-16)27-24(32)26-18-6-2-1-3-7-18/h1-11,16-17H,12-15H2,(H2,26,27,32)/t16-,17-/m1/s1. The number of hydrogen-bond acceptors (Lipinski definition) is 4. The number of urea groups is 1. The molecule has 5 rings (SSSR count). The fourth-order valence-electron chi connectivity index (χ4n) is 4.66. The minimum Gasteiger partial charge on any atom is -0.336 e. The Labute approximate surface area is 184 Å². The Kier molecular flexibility index (Phi) is 5.18. The van der Waals surface area contributed by atoms with E-state index in [-0.39, 0.29) is 29.0 Å². The molecule has 3 aromatic rings. The van der Waals surface area contributed by atoms with Crippen LogP contribution in [0.2, 0.25) is 0 Å². The van der Waals surface area contributed by atoms with Crippen molar-refractivity contribution in [3.8, 4) is 0 Å². The quantitative estimate of drug-likeness (QED) is 0.669. The van der Waals surface area contributed by atoms with Gasteiger partial charge >= 0.3 is 6.03 Å². The van der Waals surface area contributed by atoms with Crippen LogP contribution in [0.4, 0.5) is 16.2 Å². The monoisotopic (exact) mass is 429 g/mol. The fourth-order valence-corrected chi connectivity index (χ4v) is 4.66. The zero-order valence-corrected chi connectivity index (χ0v) is 17.4. The van der Waals surface area contributed by atoms with Crippen molar-refractivity contribution >= 4 is 23.3 Å². The van der Waals surface area contributed by atoms with Crippen molar-refractivity contribution in [2.75, 3.05) is 23.7 Å². The Hall–Kier alpha value is -3.94. The lowest BCUT2D eigenvalue weighted by atomic mass is 9.83. The lowest BCUT2D eigenvalue weighted by Gasteiger charge is -2.42. The lowest BCUT2D eigenvalue weighted by molar-refractivity contribution is 0.0589. The predicted octanol–water partition coefficient (Wildman–Crippen LogP) is 3.15. The summed E-state index contributed by atoms with van der Waals surface area (Å²) in [6.45, 7) is 1.66. The number of para-hydroxylation sites is 1. The number of nitrogens with zero attached hydrogens (tertiary/aromatic N) is 3. The maximum Gasteiger partial charge on any atom is 0.323 e. The van der Waals surface area contributed by atoms with Gasteiger partial charge < -0.3 is 20.1 Å². The Balaban J connectivity index is 1.34. The first-order valence-corrected chi connectivity index (χ1v) is 10.7. The summed E-state index contributed by atoms with van der Waals surface area (Å²) < 4.78 is 1.75. The highest BCUT2D eigenvalue weighted by Crippen LogP contribution is 2.35. The van der Waals surface area contributed by atoms with E-state index in [0.29, 0.717) is 31.0 Å². The van der Waals surface area contributed by atoms with E-state index in [1.165, 1.54) is 0 Å². The summed E-state index contributed by atoms with van der Waals surface area (Å²) in [6.07, 6.45) is 2.56. The summed E-state index contributed by atoms with van der Waals surface area (Å²) in [6, 6.07) is 17.5. The Morgan fingerprint density at radius 1 is 0.906 bits per heavy atom. The Morgan fingerprint density at radius 2 is 1.72 bits per heavy atom. The zero-order chi connectivity index (χ0) is 22.1. The zero-order valence-electron chi connectivity index (χ0n) is 17.4. The van der Waals surface area contributed by atoms with E-state index < -0.39 is 6.03 Å². The van der Waals surface area contributed by atoms with Crippen LogP contribution in [0.25, 0.3) is 0 Å². The topological polar surface area (TPSA) is 96.3 Å². The molecule has 0 saturated carbocycles. The van der Waals surface area contributed by atoms with Crippen molar-refractivity contribution in [3.05, 3.63) is 88.6 Å². The summed E-state index contributed by atoms with van der Waals surface area (Å²) in [5, 5.41) is 5.39. The van der Waals surface area contributed by atoms with Crippen LogP contribution >= 0.6 is 0 Å². The summed E-state index contributed by atoms with van der Waals surface area (Å²) >= 11 is 0. The third-order valence-corrected chi connectivity index (χ3v) is 6.06. The van der Waals surface area contributed by atoms with E-state index in [1.807, 2.05) is 35.2 Å². The molecule has 4 heterocycles. The average Bonchev–Trinajstić information content (AvgIpc) is 2.82. The van der Waals surface area contributed by atoms with Crippen LogP contribution in [-0.4, -0.2) is 39.5 Å². The number of nitrogens with one attached hydrogen (secondary N) is 2. The third-order valence-electron chi connectivity index (χ3n) is 6.06. The molecule has 2 aliphatic rings. The molecule has 2 aromatic heterocycles. The molecule has 8 nitrogen and oxygen atoms in total. The van der Waals surface area contributed by atoms with Gasteiger partial charge in [-0.2, -0.15) is 0 Å². The van der Waals surface area contributed by atoms with Gasteiger partial charge in [-0.15, -0.1) is 0 Å². The average molecular weight is 429 g/mol. The number of likely N-dealkylation sites (tertiary alicyclic amines) is 1. The van der Waals surface area contributed by atoms with E-state index in [0.717, 1.165) is 12.1 Å². The summed E-state index contributed by atoms with van der Waals surface area (Å²) in [5.74, 6) is 0.182. The number of benzene rings is 1. The van der Waals surface area contributed by atoms with Gasteiger partial charge in [0.05, 0.1) is 0 Å². The minimum absolute atomic E-state index is 0.0769. The van der Waals surface area contributed by atoms with E-state index in [1.54, 1.807) is 41.1 Å². The molecule has 0 aliphatic carbocycles. The maximum atomic E-state index is 13.1. The first-order valence-electron chi connectivity index (χ1n) is 10.7. The Bertz CT molecular complexity index is 1210. The minimum atomic E-state index is -0.461. The molecule has 1 aromatic carbocycles. The molecule has 2 atom stereocenters. The predicted molar refractivity (Wildman–Crippen MR) is 121 cm³/mol. The molecule has 1 fully saturated rings. The van der Waals surface area contributed by atoms with Crippen LogP contribution < -0.4 is 16.2 Å². The van der Waals surface area contributed by atoms with E-state index in [9.17, 15) is 14.4 Å². The molecular weight excluding hydrogens is 406 g/mol. The summed E-state index contributed by atoms with van der Waals surface area (Å²) in [5.41, 5.74) is 2.01. The number of pyridine rings is 2. The first-order chi connectivity index (χ1) is 15.6. The van der Waals surface area contributed by atoms with Crippen LogP contribution in [0.5, 0.6) is 0 Å². The molecular formula is C24H23N5O3. The fraction of sp³-hybridized carbons (Fsp3) is 0.250. The molecule has 32 heavy (non-hydrogen) atoms. The van der Waals surface area contributed by atoms with Crippen molar-refractivity contribution in [2.24, 2.45) is 5.92 Å². The van der Waals surface area contributed by atoms with Gasteiger partial charge in [0.1, 0.15) is 11.4 Å². The normalized spacial score (nSPS) is 19.1. The van der Waals surface area contributed by atoms with E-state index >= 15 is 0 Å². The number of anilines is 2. The second-order valence-corrected chi connectivity index (χ2v) is 8.26. The van der Waals surface area contributed by atoms with Gasteiger partial charge in [-0.05, 0) is 48.7 Å². The summed E-state index contributed by atoms with van der Waals surface area (Å²) in [4.78, 5) is 44.3. The number of piperidine rings is 1. The highest BCUT2D eigenvalue weighted by molar-refractivity contribution is 5.99. The largest absolute Gasteiger partial charge is 0.336 e. The first kappa shape index (κ1) is 20.0. The SMILES string of the molecule is O=C(Nc1ccccc1)Nc1ccc2n(c1=O)C[C@@H]1C[C@@H]2CN(C(=O)c2ccccn2)C1. The van der Waals surface area contributed by atoms with Crippen molar-refractivity contribution in [2.45, 2.75) is 18.9 Å². The van der Waals surface area contributed by atoms with E-state index in [4.69, 9.17) is 0 Å². The van der Waals surface area contributed by atoms with Gasteiger partial charge in [0, 0.05) is 43.1 Å². The molecule has 3 amide bonds. The number of hydrogen-bond donors (Lipinski definition) is 2. The molecule has 1 saturated heterocycles. The molecule has 162 valence electrons. The second kappa shape index (κ2) is 8.30. The molecule has 0 unspecified atom stereocenters. The van der Waals surface area contributed by atoms with E-state index in [2.05, 4.69) is 15.6 Å². The van der Waals surface area contributed by atoms with Crippen molar-refractivity contribution in [1.29, 1.82) is 0 Å². The van der Waals surface area contributed by atoms with Crippen molar-refractivity contribution in [1.82, 2.24) is 14.5 Å². The van der Waals surface area contributed by atoms with Crippen LogP contribution in [0.1, 0.15) is 28.5 Å². The molecule has 0 radical (unpaired) electrons. The van der Waals surface area contributed by atoms with Gasteiger partial charge in [-0.1, -0.05) is 24.3 Å². The number of rotatable bonds is 3. The maximum absolute atomic E-state index is 13.1.